The fraction of sp³-hybridized carbons (Fsp3) is 0.500. The number of rotatable bonds is 6. The van der Waals surface area contributed by atoms with E-state index < -0.39 is 23.9 Å². The van der Waals surface area contributed by atoms with Crippen LogP contribution >= 0.6 is 11.6 Å². The Bertz CT molecular complexity index is 1040. The van der Waals surface area contributed by atoms with Crippen molar-refractivity contribution in [3.8, 4) is 5.75 Å². The van der Waals surface area contributed by atoms with Crippen molar-refractivity contribution in [2.45, 2.75) is 50.9 Å². The van der Waals surface area contributed by atoms with Crippen LogP contribution in [-0.4, -0.2) is 66.6 Å². The van der Waals surface area contributed by atoms with E-state index in [1.165, 1.54) is 12.1 Å². The predicted octanol–water partition coefficient (Wildman–Crippen LogP) is 5.58. The van der Waals surface area contributed by atoms with Gasteiger partial charge in [-0.05, 0) is 51.0 Å². The van der Waals surface area contributed by atoms with E-state index in [1.54, 1.807) is 35.8 Å². The molecule has 2 aliphatic rings. The number of hydrogen-bond acceptors (Lipinski definition) is 4. The largest absolute Gasteiger partial charge is 0.488 e. The quantitative estimate of drug-likeness (QED) is 0.509. The van der Waals surface area contributed by atoms with Gasteiger partial charge < -0.3 is 14.4 Å². The van der Waals surface area contributed by atoms with E-state index in [-0.39, 0.29) is 29.9 Å². The van der Waals surface area contributed by atoms with Crippen molar-refractivity contribution >= 4 is 17.5 Å². The molecule has 1 unspecified atom stereocenters. The van der Waals surface area contributed by atoms with Crippen LogP contribution in [0.5, 0.6) is 5.75 Å². The molecule has 1 spiro atoms. The first-order chi connectivity index (χ1) is 16.7. The van der Waals surface area contributed by atoms with Crippen LogP contribution in [0, 0.1) is 5.82 Å². The van der Waals surface area contributed by atoms with E-state index >= 15 is 0 Å². The minimum Gasteiger partial charge on any atom is -0.488 e. The molecule has 0 aromatic heterocycles. The lowest BCUT2D eigenvalue weighted by Gasteiger charge is -2.50. The number of amides is 1. The van der Waals surface area contributed by atoms with E-state index in [2.05, 4.69) is 0 Å². The van der Waals surface area contributed by atoms with Gasteiger partial charge in [-0.3, -0.25) is 9.69 Å². The Balaban J connectivity index is 1.47. The lowest BCUT2D eigenvalue weighted by molar-refractivity contribution is -0.180. The highest BCUT2D eigenvalue weighted by Gasteiger charge is 2.45. The number of halogens is 4. The highest BCUT2D eigenvalue weighted by atomic mass is 35.5. The van der Waals surface area contributed by atoms with Crippen molar-refractivity contribution in [2.24, 2.45) is 0 Å². The van der Waals surface area contributed by atoms with E-state index in [0.717, 1.165) is 5.56 Å². The van der Waals surface area contributed by atoms with Gasteiger partial charge in [0, 0.05) is 42.3 Å². The number of benzene rings is 2. The fourth-order valence-corrected chi connectivity index (χ4v) is 5.13. The van der Waals surface area contributed by atoms with Crippen molar-refractivity contribution in [3.05, 3.63) is 64.4 Å². The maximum atomic E-state index is 14.4. The lowest BCUT2D eigenvalue weighted by Crippen LogP contribution is -2.58. The summed E-state index contributed by atoms with van der Waals surface area (Å²) in [7, 11) is 0. The molecule has 9 heteroatoms. The van der Waals surface area contributed by atoms with Crippen LogP contribution in [0.1, 0.15) is 48.7 Å². The van der Waals surface area contributed by atoms with Gasteiger partial charge in [0.05, 0.1) is 24.4 Å². The normalized spacial score (nSPS) is 20.6. The first-order valence-electron chi connectivity index (χ1n) is 11.8. The molecule has 5 nitrogen and oxygen atoms in total. The number of ether oxygens (including phenoxy) is 2. The molecular weight excluding hydrogens is 481 g/mol. The molecule has 1 atom stereocenters. The molecule has 2 aliphatic heterocycles. The molecule has 0 bridgehead atoms. The van der Waals surface area contributed by atoms with Crippen molar-refractivity contribution in [1.82, 2.24) is 9.80 Å². The van der Waals surface area contributed by atoms with E-state index in [1.807, 2.05) is 18.2 Å². The summed E-state index contributed by atoms with van der Waals surface area (Å²) in [4.78, 5) is 16.4. The average molecular weight is 511 g/mol. The minimum absolute atomic E-state index is 0.106. The van der Waals surface area contributed by atoms with Gasteiger partial charge >= 0.3 is 0 Å². The summed E-state index contributed by atoms with van der Waals surface area (Å²) in [6.07, 6.45) is -2.12. The highest BCUT2D eigenvalue weighted by molar-refractivity contribution is 6.31. The Morgan fingerprint density at radius 1 is 1.20 bits per heavy atom. The van der Waals surface area contributed by atoms with E-state index in [9.17, 15) is 18.0 Å². The van der Waals surface area contributed by atoms with Gasteiger partial charge in [0.1, 0.15) is 0 Å². The third-order valence-corrected chi connectivity index (χ3v) is 6.82. The summed E-state index contributed by atoms with van der Waals surface area (Å²) in [5, 5.41) is 0.533. The summed E-state index contributed by atoms with van der Waals surface area (Å²) >= 11 is 6.38. The Morgan fingerprint density at radius 3 is 2.54 bits per heavy atom. The molecule has 1 amide bonds. The fourth-order valence-electron chi connectivity index (χ4n) is 4.87. The average Bonchev–Trinajstić information content (AvgIpc) is 2.80. The molecule has 2 heterocycles. The predicted molar refractivity (Wildman–Crippen MR) is 128 cm³/mol. The van der Waals surface area contributed by atoms with Crippen molar-refractivity contribution in [1.29, 1.82) is 0 Å². The van der Waals surface area contributed by atoms with Crippen LogP contribution in [0.2, 0.25) is 5.02 Å². The Kier molecular flexibility index (Phi) is 7.93. The minimum atomic E-state index is -2.46. The Morgan fingerprint density at radius 2 is 1.91 bits per heavy atom. The summed E-state index contributed by atoms with van der Waals surface area (Å²) < 4.78 is 52.9. The van der Waals surface area contributed by atoms with E-state index in [0.29, 0.717) is 44.0 Å². The molecule has 2 saturated heterocycles. The molecule has 0 aliphatic carbocycles. The zero-order chi connectivity index (χ0) is 25.2. The third kappa shape index (κ3) is 6.11. The van der Waals surface area contributed by atoms with Crippen LogP contribution in [0.25, 0.3) is 0 Å². The van der Waals surface area contributed by atoms with Crippen molar-refractivity contribution in [2.75, 3.05) is 32.7 Å². The summed E-state index contributed by atoms with van der Waals surface area (Å²) in [6.45, 7) is 4.69. The summed E-state index contributed by atoms with van der Waals surface area (Å²) in [5.74, 6) is -0.758. The maximum Gasteiger partial charge on any atom is 0.253 e. The second-order valence-electron chi connectivity index (χ2n) is 9.50. The molecule has 0 saturated carbocycles. The second kappa shape index (κ2) is 10.8. The number of likely N-dealkylation sites (tertiary alicyclic amines) is 1. The van der Waals surface area contributed by atoms with E-state index in [4.69, 9.17) is 21.1 Å². The zero-order valence-corrected chi connectivity index (χ0v) is 20.6. The second-order valence-corrected chi connectivity index (χ2v) is 9.91. The molecule has 2 aromatic rings. The van der Waals surface area contributed by atoms with Gasteiger partial charge in [-0.2, -0.15) is 0 Å². The number of nitrogens with zero attached hydrogens (tertiary/aromatic N) is 2. The van der Waals surface area contributed by atoms with Gasteiger partial charge in [0.25, 0.3) is 12.3 Å². The summed E-state index contributed by atoms with van der Waals surface area (Å²) in [6, 6.07) is 11.5. The number of carbonyl (C=O) groups excluding carboxylic acids is 1. The van der Waals surface area contributed by atoms with Gasteiger partial charge in [-0.25, -0.2) is 13.2 Å². The SMILES string of the molecule is CC(C)Oc1ccc(C(=O)N2CCC3(CC2)CN(CC(F)F)CC(c2ccccc2Cl)O3)cc1F. The van der Waals surface area contributed by atoms with Crippen molar-refractivity contribution < 1.29 is 27.4 Å². The van der Waals surface area contributed by atoms with Crippen LogP contribution in [0.3, 0.4) is 0 Å². The first-order valence-corrected chi connectivity index (χ1v) is 12.2. The molecule has 4 rings (SSSR count). The monoisotopic (exact) mass is 510 g/mol. The Hall–Kier alpha value is -2.29. The van der Waals surface area contributed by atoms with Gasteiger partial charge in [0.2, 0.25) is 0 Å². The van der Waals surface area contributed by atoms with Gasteiger partial charge in [-0.15, -0.1) is 0 Å². The van der Waals surface area contributed by atoms with Crippen LogP contribution in [0.4, 0.5) is 13.2 Å². The number of piperidine rings is 1. The number of alkyl halides is 2. The smallest absolute Gasteiger partial charge is 0.253 e. The highest BCUT2D eigenvalue weighted by Crippen LogP contribution is 2.40. The molecule has 2 aromatic carbocycles. The molecule has 35 heavy (non-hydrogen) atoms. The van der Waals surface area contributed by atoms with Gasteiger partial charge in [-0.1, -0.05) is 29.8 Å². The topological polar surface area (TPSA) is 42.0 Å². The molecule has 0 N–H and O–H groups in total. The molecule has 190 valence electrons. The van der Waals surface area contributed by atoms with Crippen molar-refractivity contribution in [3.63, 3.8) is 0 Å². The molecule has 2 fully saturated rings. The number of morpholine rings is 1. The third-order valence-electron chi connectivity index (χ3n) is 6.48. The number of carbonyl (C=O) groups is 1. The maximum absolute atomic E-state index is 14.4. The standard InChI is InChI=1S/C26H30ClF3N2O3/c1-17(2)34-22-8-7-18(13-21(22)28)25(33)32-11-9-26(10-12-32)16-31(15-24(29)30)14-23(35-26)19-5-3-4-6-20(19)27/h3-8,13,17,23-24H,9-12,14-16H2,1-2H3. The number of hydrogen-bond donors (Lipinski definition) is 0. The Labute approximate surface area is 208 Å². The zero-order valence-electron chi connectivity index (χ0n) is 19.9. The molecular formula is C26H30ClF3N2O3. The summed E-state index contributed by atoms with van der Waals surface area (Å²) in [5.41, 5.74) is 0.339. The lowest BCUT2D eigenvalue weighted by atomic mass is 9.87. The first kappa shape index (κ1) is 25.8. The van der Waals surface area contributed by atoms with Crippen LogP contribution < -0.4 is 4.74 Å². The van der Waals surface area contributed by atoms with Gasteiger partial charge in [0.15, 0.2) is 11.6 Å². The van der Waals surface area contributed by atoms with Crippen LogP contribution in [0.15, 0.2) is 42.5 Å². The van der Waals surface area contributed by atoms with Crippen LogP contribution in [-0.2, 0) is 4.74 Å². The molecule has 0 radical (unpaired) electrons.